The van der Waals surface area contributed by atoms with Crippen LogP contribution in [0.5, 0.6) is 0 Å². The zero-order valence-electron chi connectivity index (χ0n) is 16.3. The molecule has 1 aromatic heterocycles. The number of nitrogens with zero attached hydrogens (tertiary/aromatic N) is 4. The molecule has 1 aliphatic rings. The van der Waals surface area contributed by atoms with Crippen molar-refractivity contribution in [3.63, 3.8) is 0 Å². The molecule has 148 valence electrons. The third kappa shape index (κ3) is 4.23. The van der Waals surface area contributed by atoms with Gasteiger partial charge >= 0.3 is 168 Å². The van der Waals surface area contributed by atoms with Gasteiger partial charge in [0, 0.05) is 0 Å². The quantitative estimate of drug-likeness (QED) is 0.327. The molecule has 1 N–H and O–H groups in total. The van der Waals surface area contributed by atoms with Gasteiger partial charge in [0.25, 0.3) is 0 Å². The van der Waals surface area contributed by atoms with Crippen LogP contribution in [0.3, 0.4) is 0 Å². The van der Waals surface area contributed by atoms with E-state index in [1.165, 1.54) is 31.9 Å². The van der Waals surface area contributed by atoms with Crippen LogP contribution in [0.1, 0.15) is 34.9 Å². The number of H-pyrrole nitrogens is 1. The van der Waals surface area contributed by atoms with Gasteiger partial charge in [0.2, 0.25) is 0 Å². The standard InChI is InChI=1S/C19H23N5O3Se/c1-10-5-11(2)17(12(3)6-10)28-9-15-14(22-23-20)7-16(27-15)24-8-13(4)18(25)21-19(24)26/h5-6,8,14-16H,7,9H2,1-4H3,(H,21,25,26)/t14-,15+,16+/m0/s1. The van der Waals surface area contributed by atoms with Crippen LogP contribution < -0.4 is 15.7 Å². The molecule has 1 fully saturated rings. The van der Waals surface area contributed by atoms with Gasteiger partial charge in [0.15, 0.2) is 0 Å². The predicted octanol–water partition coefficient (Wildman–Crippen LogP) is 2.18. The molecule has 0 amide bonds. The number of ether oxygens (including phenoxy) is 1. The van der Waals surface area contributed by atoms with E-state index in [1.807, 2.05) is 0 Å². The Bertz CT molecular complexity index is 1030. The molecule has 0 aliphatic carbocycles. The summed E-state index contributed by atoms with van der Waals surface area (Å²) in [6.45, 7) is 7.95. The maximum atomic E-state index is 12.2. The van der Waals surface area contributed by atoms with E-state index in [0.29, 0.717) is 12.0 Å². The molecule has 9 heteroatoms. The van der Waals surface area contributed by atoms with Gasteiger partial charge in [-0.05, 0) is 0 Å². The van der Waals surface area contributed by atoms with Gasteiger partial charge in [0.05, 0.1) is 0 Å². The van der Waals surface area contributed by atoms with Crippen LogP contribution in [0.15, 0.2) is 33.0 Å². The Morgan fingerprint density at radius 2 is 1.93 bits per heavy atom. The van der Waals surface area contributed by atoms with E-state index in [1.54, 1.807) is 6.92 Å². The van der Waals surface area contributed by atoms with Crippen LogP contribution in [0, 0.1) is 27.7 Å². The summed E-state index contributed by atoms with van der Waals surface area (Å²) < 4.78 is 8.82. The van der Waals surface area contributed by atoms with Crippen molar-refractivity contribution in [2.45, 2.75) is 57.8 Å². The molecule has 0 unspecified atom stereocenters. The van der Waals surface area contributed by atoms with Crippen LogP contribution in [0.2, 0.25) is 5.32 Å². The van der Waals surface area contributed by atoms with Crippen molar-refractivity contribution >= 4 is 19.4 Å². The second-order valence-corrected chi connectivity index (χ2v) is 9.32. The molecule has 1 aliphatic heterocycles. The molecule has 3 atom stereocenters. The number of azide groups is 1. The number of benzene rings is 1. The molecule has 0 saturated carbocycles. The van der Waals surface area contributed by atoms with Crippen molar-refractivity contribution in [3.8, 4) is 0 Å². The fourth-order valence-electron chi connectivity index (χ4n) is 3.58. The number of hydrogen-bond acceptors (Lipinski definition) is 4. The molecule has 8 nitrogen and oxygen atoms in total. The minimum absolute atomic E-state index is 0.149. The van der Waals surface area contributed by atoms with Gasteiger partial charge in [-0.2, -0.15) is 0 Å². The average Bonchev–Trinajstić information content (AvgIpc) is 3.00. The number of aromatic amines is 1. The predicted molar refractivity (Wildman–Crippen MR) is 108 cm³/mol. The van der Waals surface area contributed by atoms with Gasteiger partial charge in [-0.25, -0.2) is 0 Å². The molecule has 1 saturated heterocycles. The number of nitrogens with one attached hydrogen (secondary N) is 1. The van der Waals surface area contributed by atoms with Crippen molar-refractivity contribution in [1.29, 1.82) is 0 Å². The monoisotopic (exact) mass is 449 g/mol. The van der Waals surface area contributed by atoms with Crippen LogP contribution in [0.4, 0.5) is 0 Å². The number of hydrogen-bond donors (Lipinski definition) is 1. The van der Waals surface area contributed by atoms with Gasteiger partial charge in [0.1, 0.15) is 0 Å². The molecule has 0 spiro atoms. The third-order valence-electron chi connectivity index (χ3n) is 4.86. The summed E-state index contributed by atoms with van der Waals surface area (Å²) in [5.74, 6) is 0. The van der Waals surface area contributed by atoms with Crippen LogP contribution in [-0.2, 0) is 4.74 Å². The molecule has 1 aromatic carbocycles. The van der Waals surface area contributed by atoms with Crippen molar-refractivity contribution in [2.75, 3.05) is 0 Å². The van der Waals surface area contributed by atoms with Crippen molar-refractivity contribution in [2.24, 2.45) is 5.11 Å². The number of aromatic nitrogens is 2. The molecule has 2 heterocycles. The summed E-state index contributed by atoms with van der Waals surface area (Å²) in [5.41, 5.74) is 12.2. The first kappa shape index (κ1) is 20.4. The zero-order chi connectivity index (χ0) is 20.4. The fraction of sp³-hybridized carbons (Fsp3) is 0.474. The Morgan fingerprint density at radius 3 is 2.57 bits per heavy atom. The fourth-order valence-corrected chi connectivity index (χ4v) is 6.11. The second-order valence-electron chi connectivity index (χ2n) is 7.15. The van der Waals surface area contributed by atoms with Gasteiger partial charge in [-0.1, -0.05) is 0 Å². The Kier molecular flexibility index (Phi) is 6.10. The first-order valence-electron chi connectivity index (χ1n) is 9.02. The molecule has 3 rings (SSSR count). The summed E-state index contributed by atoms with van der Waals surface area (Å²) in [7, 11) is 0. The van der Waals surface area contributed by atoms with E-state index in [2.05, 4.69) is 47.9 Å². The van der Waals surface area contributed by atoms with E-state index in [0.717, 1.165) is 5.32 Å². The zero-order valence-corrected chi connectivity index (χ0v) is 18.0. The molecular formula is C19H23N5O3Se. The molecular weight excluding hydrogens is 425 g/mol. The van der Waals surface area contributed by atoms with Crippen LogP contribution in [0.25, 0.3) is 10.4 Å². The van der Waals surface area contributed by atoms with Gasteiger partial charge in [-0.3, -0.25) is 0 Å². The Labute approximate surface area is 168 Å². The van der Waals surface area contributed by atoms with Crippen molar-refractivity contribution in [3.05, 3.63) is 71.9 Å². The minimum atomic E-state index is -0.556. The van der Waals surface area contributed by atoms with E-state index >= 15 is 0 Å². The third-order valence-corrected chi connectivity index (χ3v) is 7.85. The first-order valence-corrected chi connectivity index (χ1v) is 11.1. The molecule has 28 heavy (non-hydrogen) atoms. The summed E-state index contributed by atoms with van der Waals surface area (Å²) >= 11 is 0.149. The topological polar surface area (TPSA) is 113 Å². The van der Waals surface area contributed by atoms with E-state index in [9.17, 15) is 9.59 Å². The summed E-state index contributed by atoms with van der Waals surface area (Å²) in [4.78, 5) is 29.0. The molecule has 0 bridgehead atoms. The summed E-state index contributed by atoms with van der Waals surface area (Å²) in [6, 6.07) is 4.01. The van der Waals surface area contributed by atoms with Gasteiger partial charge in [-0.15, -0.1) is 0 Å². The molecule has 2 aromatic rings. The summed E-state index contributed by atoms with van der Waals surface area (Å²) in [6.07, 6.45) is 1.09. The SMILES string of the molecule is Cc1cc(C)c([Se]C[C@H]2O[C@@H](n3cc(C)c(=O)[nH]c3=O)C[C@@H]2N=[N+]=[N-])c(C)c1. The van der Waals surface area contributed by atoms with Crippen LogP contribution in [-0.4, -0.2) is 36.7 Å². The van der Waals surface area contributed by atoms with Crippen LogP contribution >= 0.6 is 0 Å². The Hall–Kier alpha value is -2.31. The Morgan fingerprint density at radius 1 is 1.25 bits per heavy atom. The summed E-state index contributed by atoms with van der Waals surface area (Å²) in [5, 5.41) is 4.64. The molecule has 0 radical (unpaired) electrons. The average molecular weight is 448 g/mol. The van der Waals surface area contributed by atoms with Crippen molar-refractivity contribution in [1.82, 2.24) is 9.55 Å². The van der Waals surface area contributed by atoms with Gasteiger partial charge < -0.3 is 0 Å². The van der Waals surface area contributed by atoms with E-state index < -0.39 is 17.5 Å². The number of rotatable bonds is 5. The normalized spacial score (nSPS) is 21.5. The second kappa shape index (κ2) is 8.37. The van der Waals surface area contributed by atoms with Crippen molar-refractivity contribution < 1.29 is 4.74 Å². The van der Waals surface area contributed by atoms with E-state index in [-0.39, 0.29) is 27.1 Å². The first-order chi connectivity index (χ1) is 13.3. The number of aryl methyl sites for hydroxylation is 4. The Balaban J connectivity index is 1.82. The maximum absolute atomic E-state index is 12.2. The van der Waals surface area contributed by atoms with E-state index in [4.69, 9.17) is 10.3 Å².